The van der Waals surface area contributed by atoms with E-state index >= 15 is 0 Å². The third kappa shape index (κ3) is 3.66. The number of hydrogen-bond donors (Lipinski definition) is 0. The number of para-hydroxylation sites is 1. The topological polar surface area (TPSA) is 43.6 Å². The van der Waals surface area contributed by atoms with Crippen molar-refractivity contribution in [2.45, 2.75) is 39.5 Å². The normalized spacial score (nSPS) is 11.4. The second-order valence-electron chi connectivity index (χ2n) is 8.50. The molecule has 163 valence electrons. The summed E-state index contributed by atoms with van der Waals surface area (Å²) >= 11 is 0. The molecule has 0 saturated carbocycles. The van der Waals surface area contributed by atoms with Crippen LogP contribution in [0.15, 0.2) is 67.0 Å². The van der Waals surface area contributed by atoms with Crippen LogP contribution in [0.4, 0.5) is 0 Å². The summed E-state index contributed by atoms with van der Waals surface area (Å²) in [5.74, 6) is 1.59. The van der Waals surface area contributed by atoms with Crippen LogP contribution in [0.2, 0.25) is 0 Å². The Morgan fingerprint density at radius 2 is 1.56 bits per heavy atom. The van der Waals surface area contributed by atoms with Gasteiger partial charge in [0, 0.05) is 32.0 Å². The van der Waals surface area contributed by atoms with Gasteiger partial charge in [-0.25, -0.2) is 0 Å². The van der Waals surface area contributed by atoms with E-state index in [1.54, 1.807) is 0 Å². The van der Waals surface area contributed by atoms with Crippen molar-refractivity contribution in [3.63, 3.8) is 0 Å². The summed E-state index contributed by atoms with van der Waals surface area (Å²) in [5, 5.41) is 0. The molecule has 4 nitrogen and oxygen atoms in total. The summed E-state index contributed by atoms with van der Waals surface area (Å²) in [6.45, 7) is 8.98. The van der Waals surface area contributed by atoms with E-state index in [1.165, 1.54) is 16.8 Å². The summed E-state index contributed by atoms with van der Waals surface area (Å²) in [7, 11) is 0. The molecule has 0 spiro atoms. The molecule has 0 atom stereocenters. The van der Waals surface area contributed by atoms with Crippen molar-refractivity contribution in [2.24, 2.45) is 0 Å². The zero-order valence-electron chi connectivity index (χ0n) is 18.6. The molecule has 0 aliphatic heterocycles. The molecule has 0 amide bonds. The molecule has 0 bridgehead atoms. The van der Waals surface area contributed by atoms with Crippen molar-refractivity contribution >= 4 is 22.1 Å². The fraction of sp³-hybridized carbons (Fsp3) is 0.222. The second kappa shape index (κ2) is 8.93. The molecule has 1 radical (unpaired) electrons. The van der Waals surface area contributed by atoms with Gasteiger partial charge in [-0.1, -0.05) is 45.9 Å². The fourth-order valence-electron chi connectivity index (χ4n) is 4.27. The van der Waals surface area contributed by atoms with E-state index in [2.05, 4.69) is 67.6 Å². The zero-order valence-corrected chi connectivity index (χ0v) is 21.0. The van der Waals surface area contributed by atoms with Crippen LogP contribution >= 0.6 is 0 Å². The number of rotatable bonds is 4. The van der Waals surface area contributed by atoms with Crippen LogP contribution in [-0.2, 0) is 20.1 Å². The van der Waals surface area contributed by atoms with Crippen LogP contribution < -0.4 is 0 Å². The van der Waals surface area contributed by atoms with E-state index in [0.717, 1.165) is 33.5 Å². The van der Waals surface area contributed by atoms with Gasteiger partial charge in [-0.15, -0.1) is 35.9 Å². The van der Waals surface area contributed by atoms with Crippen LogP contribution in [0.5, 0.6) is 0 Å². The van der Waals surface area contributed by atoms with Gasteiger partial charge in [-0.05, 0) is 35.1 Å². The van der Waals surface area contributed by atoms with E-state index in [0.29, 0.717) is 11.8 Å². The van der Waals surface area contributed by atoms with Gasteiger partial charge >= 0.3 is 0 Å². The Morgan fingerprint density at radius 3 is 2.22 bits per heavy atom. The van der Waals surface area contributed by atoms with Crippen molar-refractivity contribution in [3.8, 4) is 17.1 Å². The van der Waals surface area contributed by atoms with Gasteiger partial charge < -0.3 is 4.57 Å². The van der Waals surface area contributed by atoms with Crippen molar-refractivity contribution in [3.05, 3.63) is 84.2 Å². The molecule has 5 rings (SSSR count). The average molecular weight is 598 g/mol. The molecule has 2 aromatic carbocycles. The molecule has 0 aliphatic carbocycles. The number of hydrogen-bond acceptors (Lipinski definition) is 3. The SMILES string of the molecule is CC(C)c1cccc(C(C)C)c1-n1c(-c2[c-]cccc2)nc2cnc3cccnc3c21.[Ir]. The standard InChI is InChI=1S/C27H25N4.Ir/c1-17(2)20-12-8-13-21(18(3)4)25(20)31-26-23(16-29-22-14-9-15-28-24(22)26)30-27(31)19-10-6-5-7-11-19;/h5-10,12-18H,1-4H3;/q-1;. The maximum Gasteiger partial charge on any atom is 0.114 e. The van der Waals surface area contributed by atoms with Gasteiger partial charge in [0.25, 0.3) is 0 Å². The Balaban J connectivity index is 0.00000245. The van der Waals surface area contributed by atoms with Crippen molar-refractivity contribution < 1.29 is 20.1 Å². The first kappa shape index (κ1) is 22.3. The van der Waals surface area contributed by atoms with E-state index in [-0.39, 0.29) is 20.1 Å². The van der Waals surface area contributed by atoms with Crippen LogP contribution in [-0.4, -0.2) is 19.5 Å². The molecule has 5 aromatic rings. The summed E-state index contributed by atoms with van der Waals surface area (Å²) in [5.41, 5.74) is 8.30. The minimum Gasteiger partial charge on any atom is -0.331 e. The molecule has 3 heterocycles. The smallest absolute Gasteiger partial charge is 0.114 e. The number of fused-ring (bicyclic) bond motifs is 3. The second-order valence-corrected chi connectivity index (χ2v) is 8.50. The third-order valence-corrected chi connectivity index (χ3v) is 5.76. The van der Waals surface area contributed by atoms with Gasteiger partial charge in [0.15, 0.2) is 0 Å². The molecule has 5 heteroatoms. The van der Waals surface area contributed by atoms with Gasteiger partial charge in [-0.3, -0.25) is 15.0 Å². The number of benzene rings is 2. The summed E-state index contributed by atoms with van der Waals surface area (Å²) in [6.07, 6.45) is 3.68. The van der Waals surface area contributed by atoms with Crippen LogP contribution in [0.25, 0.3) is 39.1 Å². The molecule has 0 aliphatic rings. The summed E-state index contributed by atoms with van der Waals surface area (Å²) < 4.78 is 2.29. The van der Waals surface area contributed by atoms with Gasteiger partial charge in [0.05, 0.1) is 28.6 Å². The summed E-state index contributed by atoms with van der Waals surface area (Å²) in [6, 6.07) is 21.9. The van der Waals surface area contributed by atoms with Crippen LogP contribution in [0.1, 0.15) is 50.7 Å². The van der Waals surface area contributed by atoms with Crippen LogP contribution in [0.3, 0.4) is 0 Å². The molecule has 32 heavy (non-hydrogen) atoms. The quantitative estimate of drug-likeness (QED) is 0.217. The largest absolute Gasteiger partial charge is 0.331 e. The Bertz CT molecular complexity index is 1360. The Hall–Kier alpha value is -2.88. The predicted octanol–water partition coefficient (Wildman–Crippen LogP) is 6.68. The first-order valence-corrected chi connectivity index (χ1v) is 10.8. The van der Waals surface area contributed by atoms with Crippen LogP contribution in [0, 0.1) is 6.07 Å². The van der Waals surface area contributed by atoms with E-state index in [4.69, 9.17) is 9.97 Å². The van der Waals surface area contributed by atoms with E-state index in [9.17, 15) is 0 Å². The Kier molecular flexibility index (Phi) is 6.23. The minimum absolute atomic E-state index is 0. The molecule has 0 saturated heterocycles. The maximum atomic E-state index is 5.04. The minimum atomic E-state index is 0. The van der Waals surface area contributed by atoms with Crippen molar-refractivity contribution in [1.82, 2.24) is 19.5 Å². The van der Waals surface area contributed by atoms with E-state index < -0.39 is 0 Å². The third-order valence-electron chi connectivity index (χ3n) is 5.76. The molecule has 0 fully saturated rings. The molecule has 0 N–H and O–H groups in total. The fourth-order valence-corrected chi connectivity index (χ4v) is 4.27. The number of aromatic nitrogens is 4. The molecule has 0 unspecified atom stereocenters. The monoisotopic (exact) mass is 598 g/mol. The maximum absolute atomic E-state index is 5.04. The summed E-state index contributed by atoms with van der Waals surface area (Å²) in [4.78, 5) is 14.4. The van der Waals surface area contributed by atoms with Crippen molar-refractivity contribution in [1.29, 1.82) is 0 Å². The van der Waals surface area contributed by atoms with Gasteiger partial charge in [0.1, 0.15) is 5.52 Å². The van der Waals surface area contributed by atoms with E-state index in [1.807, 2.05) is 42.7 Å². The van der Waals surface area contributed by atoms with Gasteiger partial charge in [0.2, 0.25) is 0 Å². The molecule has 3 aromatic heterocycles. The van der Waals surface area contributed by atoms with Crippen molar-refractivity contribution in [2.75, 3.05) is 0 Å². The Labute approximate surface area is 202 Å². The van der Waals surface area contributed by atoms with Gasteiger partial charge in [-0.2, -0.15) is 0 Å². The Morgan fingerprint density at radius 1 is 0.812 bits per heavy atom. The average Bonchev–Trinajstić information content (AvgIpc) is 3.19. The predicted molar refractivity (Wildman–Crippen MR) is 127 cm³/mol. The number of pyridine rings is 2. The number of imidazole rings is 1. The zero-order chi connectivity index (χ0) is 21.5. The number of nitrogens with zero attached hydrogens (tertiary/aromatic N) is 4. The molecular weight excluding hydrogens is 573 g/mol. The first-order valence-electron chi connectivity index (χ1n) is 10.8. The molecular formula is C27H25IrN4-. The first-order chi connectivity index (χ1) is 15.1.